The minimum absolute atomic E-state index is 0.431. The molecular formula is C12H14N2O6S. The summed E-state index contributed by atoms with van der Waals surface area (Å²) in [4.78, 5) is 45.8. The van der Waals surface area contributed by atoms with E-state index in [1.807, 2.05) is 12.2 Å². The number of carbonyl (C=O) groups excluding carboxylic acids is 2. The van der Waals surface area contributed by atoms with E-state index in [-0.39, 0.29) is 0 Å². The lowest BCUT2D eigenvalue weighted by Crippen LogP contribution is -2.46. The van der Waals surface area contributed by atoms with E-state index < -0.39 is 42.8 Å². The summed E-state index contributed by atoms with van der Waals surface area (Å²) < 4.78 is 0. The fourth-order valence-corrected chi connectivity index (χ4v) is 2.21. The number of carboxylic acids is 2. The summed E-state index contributed by atoms with van der Waals surface area (Å²) in [5.74, 6) is -4.02. The van der Waals surface area contributed by atoms with Crippen LogP contribution in [0.1, 0.15) is 21.0 Å². The zero-order chi connectivity index (χ0) is 16.0. The van der Waals surface area contributed by atoms with E-state index in [0.29, 0.717) is 4.88 Å². The quantitative estimate of drug-likeness (QED) is 0.552. The molecule has 0 unspecified atom stereocenters. The molecule has 9 heteroatoms. The number of nitrogens with one attached hydrogen (secondary N) is 2. The second-order valence-corrected chi connectivity index (χ2v) is 5.44. The van der Waals surface area contributed by atoms with Gasteiger partial charge in [0.1, 0.15) is 6.04 Å². The topological polar surface area (TPSA) is 133 Å². The monoisotopic (exact) mass is 314 g/mol. The van der Waals surface area contributed by atoms with E-state index in [4.69, 9.17) is 10.2 Å². The second-order valence-electron chi connectivity index (χ2n) is 4.15. The Labute approximate surface area is 123 Å². The maximum Gasteiger partial charge on any atom is 0.326 e. The normalized spacial score (nSPS) is 11.5. The summed E-state index contributed by atoms with van der Waals surface area (Å²) in [6.45, 7) is 1.40. The standard InChI is InChI=1S/C12H14N2O6S/c1-6-2-3-8(21-6)11(18)13-5-9(15)14-7(12(19)20)4-10(16)17/h2-3,7H,4-5H2,1H3,(H,13,18)(H,14,15)(H,16,17)(H,19,20)/t7-/m0/s1. The first-order valence-corrected chi connectivity index (χ1v) is 6.70. The summed E-state index contributed by atoms with van der Waals surface area (Å²) in [5, 5.41) is 21.7. The Balaban J connectivity index is 2.47. The van der Waals surface area contributed by atoms with Crippen LogP contribution in [0.15, 0.2) is 12.1 Å². The van der Waals surface area contributed by atoms with Crippen LogP contribution < -0.4 is 10.6 Å². The van der Waals surface area contributed by atoms with Gasteiger partial charge in [-0.15, -0.1) is 11.3 Å². The van der Waals surface area contributed by atoms with E-state index in [9.17, 15) is 19.2 Å². The number of carbonyl (C=O) groups is 4. The van der Waals surface area contributed by atoms with Gasteiger partial charge in [0, 0.05) is 4.88 Å². The fraction of sp³-hybridized carbons (Fsp3) is 0.333. The van der Waals surface area contributed by atoms with Gasteiger partial charge in [-0.2, -0.15) is 0 Å². The predicted octanol–water partition coefficient (Wildman–Crippen LogP) is -0.170. The minimum Gasteiger partial charge on any atom is -0.481 e. The molecule has 4 N–H and O–H groups in total. The summed E-state index contributed by atoms with van der Waals surface area (Å²) in [5.41, 5.74) is 0. The fourth-order valence-electron chi connectivity index (χ4n) is 1.42. The van der Waals surface area contributed by atoms with Gasteiger partial charge in [-0.1, -0.05) is 0 Å². The van der Waals surface area contributed by atoms with Crippen LogP contribution in [0, 0.1) is 6.92 Å². The van der Waals surface area contributed by atoms with Crippen molar-refractivity contribution in [1.82, 2.24) is 10.6 Å². The predicted molar refractivity (Wildman–Crippen MR) is 73.2 cm³/mol. The average Bonchev–Trinajstić information content (AvgIpc) is 2.81. The number of aliphatic carboxylic acids is 2. The molecule has 0 aliphatic carbocycles. The molecule has 0 aliphatic heterocycles. The van der Waals surface area contributed by atoms with Crippen molar-refractivity contribution in [1.29, 1.82) is 0 Å². The number of rotatable bonds is 7. The third-order valence-corrected chi connectivity index (χ3v) is 3.39. The Kier molecular flexibility index (Phi) is 5.85. The highest BCUT2D eigenvalue weighted by atomic mass is 32.1. The van der Waals surface area contributed by atoms with Gasteiger partial charge in [0.15, 0.2) is 0 Å². The third kappa shape index (κ3) is 5.61. The third-order valence-electron chi connectivity index (χ3n) is 2.39. The molecule has 2 amide bonds. The maximum atomic E-state index is 11.7. The summed E-state index contributed by atoms with van der Waals surface area (Å²) in [7, 11) is 0. The van der Waals surface area contributed by atoms with Crippen LogP contribution in [0.5, 0.6) is 0 Å². The van der Waals surface area contributed by atoms with Crippen molar-refractivity contribution in [2.75, 3.05) is 6.54 Å². The van der Waals surface area contributed by atoms with Gasteiger partial charge in [0.05, 0.1) is 17.8 Å². The van der Waals surface area contributed by atoms with Crippen LogP contribution in [-0.4, -0.2) is 46.6 Å². The Bertz CT molecular complexity index is 568. The Morgan fingerprint density at radius 2 is 1.90 bits per heavy atom. The van der Waals surface area contributed by atoms with Crippen molar-refractivity contribution in [2.24, 2.45) is 0 Å². The number of amides is 2. The van der Waals surface area contributed by atoms with E-state index in [0.717, 1.165) is 4.88 Å². The lowest BCUT2D eigenvalue weighted by molar-refractivity contribution is -0.147. The Morgan fingerprint density at radius 3 is 2.38 bits per heavy atom. The zero-order valence-corrected chi connectivity index (χ0v) is 11.9. The van der Waals surface area contributed by atoms with Gasteiger partial charge in [-0.3, -0.25) is 14.4 Å². The molecule has 21 heavy (non-hydrogen) atoms. The van der Waals surface area contributed by atoms with Crippen LogP contribution in [0.4, 0.5) is 0 Å². The van der Waals surface area contributed by atoms with Gasteiger partial charge in [-0.05, 0) is 19.1 Å². The maximum absolute atomic E-state index is 11.7. The SMILES string of the molecule is Cc1ccc(C(=O)NCC(=O)N[C@@H](CC(=O)O)C(=O)O)s1. The van der Waals surface area contributed by atoms with Gasteiger partial charge in [-0.25, -0.2) is 4.79 Å². The molecule has 0 aromatic carbocycles. The van der Waals surface area contributed by atoms with Gasteiger partial charge in [0.25, 0.3) is 5.91 Å². The largest absolute Gasteiger partial charge is 0.481 e. The average molecular weight is 314 g/mol. The van der Waals surface area contributed by atoms with E-state index >= 15 is 0 Å². The highest BCUT2D eigenvalue weighted by Gasteiger charge is 2.23. The minimum atomic E-state index is -1.53. The van der Waals surface area contributed by atoms with Gasteiger partial charge >= 0.3 is 11.9 Å². The molecule has 1 aromatic rings. The van der Waals surface area contributed by atoms with E-state index in [1.54, 1.807) is 12.1 Å². The molecule has 1 atom stereocenters. The molecule has 0 saturated carbocycles. The van der Waals surface area contributed by atoms with Crippen molar-refractivity contribution in [3.63, 3.8) is 0 Å². The number of thiophene rings is 1. The Morgan fingerprint density at radius 1 is 1.24 bits per heavy atom. The molecule has 0 saturated heterocycles. The van der Waals surface area contributed by atoms with E-state index in [1.165, 1.54) is 11.3 Å². The van der Waals surface area contributed by atoms with Crippen LogP contribution in [0.2, 0.25) is 0 Å². The highest BCUT2D eigenvalue weighted by molar-refractivity contribution is 7.13. The molecule has 0 aliphatic rings. The van der Waals surface area contributed by atoms with Crippen LogP contribution in [0.25, 0.3) is 0 Å². The highest BCUT2D eigenvalue weighted by Crippen LogP contribution is 2.14. The molecule has 1 rings (SSSR count). The molecule has 8 nitrogen and oxygen atoms in total. The van der Waals surface area contributed by atoms with Crippen LogP contribution >= 0.6 is 11.3 Å². The molecule has 0 radical (unpaired) electrons. The molecule has 0 bridgehead atoms. The molecule has 0 fully saturated rings. The van der Waals surface area contributed by atoms with Crippen molar-refractivity contribution in [2.45, 2.75) is 19.4 Å². The molecule has 114 valence electrons. The lowest BCUT2D eigenvalue weighted by atomic mass is 10.2. The first kappa shape index (κ1) is 16.6. The number of hydrogen-bond acceptors (Lipinski definition) is 5. The molecule has 1 heterocycles. The summed E-state index contributed by atoms with van der Waals surface area (Å²) in [6.07, 6.45) is -0.737. The zero-order valence-electron chi connectivity index (χ0n) is 11.1. The van der Waals surface area contributed by atoms with Crippen LogP contribution in [-0.2, 0) is 14.4 Å². The second kappa shape index (κ2) is 7.39. The first-order chi connectivity index (χ1) is 9.79. The van der Waals surface area contributed by atoms with Gasteiger partial charge < -0.3 is 20.8 Å². The van der Waals surface area contributed by atoms with Crippen molar-refractivity contribution >= 4 is 35.1 Å². The van der Waals surface area contributed by atoms with E-state index in [2.05, 4.69) is 5.32 Å². The van der Waals surface area contributed by atoms with Crippen LogP contribution in [0.3, 0.4) is 0 Å². The number of carboxylic acid groups (broad SMARTS) is 2. The first-order valence-electron chi connectivity index (χ1n) is 5.88. The molecule has 1 aromatic heterocycles. The van der Waals surface area contributed by atoms with Crippen molar-refractivity contribution in [3.05, 3.63) is 21.9 Å². The molecule has 0 spiro atoms. The Hall–Kier alpha value is -2.42. The number of aryl methyl sites for hydroxylation is 1. The summed E-state index contributed by atoms with van der Waals surface area (Å²) in [6, 6.07) is 1.83. The summed E-state index contributed by atoms with van der Waals surface area (Å²) >= 11 is 1.26. The lowest BCUT2D eigenvalue weighted by Gasteiger charge is -2.12. The smallest absolute Gasteiger partial charge is 0.326 e. The van der Waals surface area contributed by atoms with Gasteiger partial charge in [0.2, 0.25) is 5.91 Å². The number of hydrogen-bond donors (Lipinski definition) is 4. The van der Waals surface area contributed by atoms with Crippen molar-refractivity contribution < 1.29 is 29.4 Å². The molecular weight excluding hydrogens is 300 g/mol. The van der Waals surface area contributed by atoms with Crippen molar-refractivity contribution in [3.8, 4) is 0 Å².